The first-order valence-electron chi connectivity index (χ1n) is 11.5. The highest BCUT2D eigenvalue weighted by Crippen LogP contribution is 2.39. The third-order valence-electron chi connectivity index (χ3n) is 7.00. The molecule has 2 aromatic rings. The molecular formula is C26H32N4O3. The van der Waals surface area contributed by atoms with Crippen LogP contribution in [0, 0.1) is 19.8 Å². The van der Waals surface area contributed by atoms with Crippen molar-refractivity contribution in [1.82, 2.24) is 15.5 Å². The number of piperidine rings is 2. The van der Waals surface area contributed by atoms with Crippen molar-refractivity contribution in [3.63, 3.8) is 0 Å². The second-order valence-electron chi connectivity index (χ2n) is 9.46. The number of imide groups is 1. The first-order chi connectivity index (χ1) is 15.7. The smallest absolute Gasteiger partial charge is 0.326 e. The molecule has 2 heterocycles. The summed E-state index contributed by atoms with van der Waals surface area (Å²) >= 11 is 0. The summed E-state index contributed by atoms with van der Waals surface area (Å²) in [6.07, 6.45) is 1.76. The van der Waals surface area contributed by atoms with Crippen LogP contribution in [0.4, 0.5) is 10.5 Å². The standard InChI is InChI=1S/C26H32N4O3/c1-15-5-8-18(9-6-15)24(31)29-26(33)28-20-10-7-16(2)21(13-20)22-12-19-14-27-17(3)11-23(19)30(4)25(22)32/h5-10,13,17,19,22-23,27H,11-12,14H2,1-4H3,(H2,28,29,31,33). The number of anilines is 1. The van der Waals surface area contributed by atoms with Crippen molar-refractivity contribution in [3.05, 3.63) is 64.7 Å². The normalized spacial score (nSPS) is 24.7. The second kappa shape index (κ2) is 9.35. The van der Waals surface area contributed by atoms with Gasteiger partial charge in [0.2, 0.25) is 5.91 Å². The Hall–Kier alpha value is -3.19. The molecule has 7 nitrogen and oxygen atoms in total. The molecule has 0 saturated carbocycles. The maximum Gasteiger partial charge on any atom is 0.326 e. The highest BCUT2D eigenvalue weighted by molar-refractivity contribution is 6.08. The number of nitrogens with zero attached hydrogens (tertiary/aromatic N) is 1. The van der Waals surface area contributed by atoms with E-state index in [-0.39, 0.29) is 17.9 Å². The fraction of sp³-hybridized carbons (Fsp3) is 0.423. The third kappa shape index (κ3) is 4.93. The van der Waals surface area contributed by atoms with Gasteiger partial charge in [-0.15, -0.1) is 0 Å². The molecule has 0 spiro atoms. The number of carbonyl (C=O) groups is 3. The summed E-state index contributed by atoms with van der Waals surface area (Å²) in [6.45, 7) is 6.99. The molecule has 2 aliphatic rings. The summed E-state index contributed by atoms with van der Waals surface area (Å²) in [5.74, 6) is -0.176. The number of hydrogen-bond acceptors (Lipinski definition) is 4. The van der Waals surface area contributed by atoms with E-state index in [0.717, 1.165) is 36.1 Å². The van der Waals surface area contributed by atoms with Gasteiger partial charge in [0.15, 0.2) is 0 Å². The van der Waals surface area contributed by atoms with E-state index in [9.17, 15) is 14.4 Å². The minimum atomic E-state index is -0.604. The van der Waals surface area contributed by atoms with Gasteiger partial charge in [-0.05, 0) is 74.9 Å². The molecule has 2 saturated heterocycles. The second-order valence-corrected chi connectivity index (χ2v) is 9.46. The molecular weight excluding hydrogens is 416 g/mol. The van der Waals surface area contributed by atoms with Gasteiger partial charge >= 0.3 is 6.03 Å². The van der Waals surface area contributed by atoms with E-state index in [1.54, 1.807) is 18.2 Å². The Morgan fingerprint density at radius 1 is 1.06 bits per heavy atom. The summed E-state index contributed by atoms with van der Waals surface area (Å²) < 4.78 is 0. The predicted octanol–water partition coefficient (Wildman–Crippen LogP) is 3.58. The fourth-order valence-electron chi connectivity index (χ4n) is 5.05. The van der Waals surface area contributed by atoms with Gasteiger partial charge in [0.1, 0.15) is 0 Å². The first kappa shape index (κ1) is 23.0. The maximum atomic E-state index is 13.3. The van der Waals surface area contributed by atoms with Crippen molar-refractivity contribution in [2.24, 2.45) is 5.92 Å². The Morgan fingerprint density at radius 2 is 1.79 bits per heavy atom. The topological polar surface area (TPSA) is 90.5 Å². The molecule has 0 radical (unpaired) electrons. The van der Waals surface area contributed by atoms with Gasteiger partial charge in [-0.2, -0.15) is 0 Å². The Morgan fingerprint density at radius 3 is 2.52 bits per heavy atom. The summed E-state index contributed by atoms with van der Waals surface area (Å²) in [6, 6.07) is 12.6. The van der Waals surface area contributed by atoms with Crippen LogP contribution >= 0.6 is 0 Å². The van der Waals surface area contributed by atoms with Crippen molar-refractivity contribution in [3.8, 4) is 0 Å². The van der Waals surface area contributed by atoms with Gasteiger partial charge in [0, 0.05) is 36.9 Å². The average molecular weight is 449 g/mol. The van der Waals surface area contributed by atoms with Crippen LogP contribution in [0.15, 0.2) is 42.5 Å². The molecule has 4 atom stereocenters. The molecule has 4 unspecified atom stereocenters. The molecule has 2 fully saturated rings. The van der Waals surface area contributed by atoms with E-state index in [1.165, 1.54) is 0 Å². The number of fused-ring (bicyclic) bond motifs is 1. The molecule has 174 valence electrons. The number of nitrogens with one attached hydrogen (secondary N) is 3. The first-order valence-corrected chi connectivity index (χ1v) is 11.5. The number of likely N-dealkylation sites (N-methyl/N-ethyl adjacent to an activating group) is 1. The van der Waals surface area contributed by atoms with Gasteiger partial charge in [0.25, 0.3) is 5.91 Å². The van der Waals surface area contributed by atoms with Crippen molar-refractivity contribution in [1.29, 1.82) is 0 Å². The molecule has 0 bridgehead atoms. The van der Waals surface area contributed by atoms with Gasteiger partial charge in [0.05, 0.1) is 5.92 Å². The summed E-state index contributed by atoms with van der Waals surface area (Å²) in [4.78, 5) is 40.0. The van der Waals surface area contributed by atoms with Crippen LogP contribution in [0.5, 0.6) is 0 Å². The quantitative estimate of drug-likeness (QED) is 0.670. The number of benzene rings is 2. The van der Waals surface area contributed by atoms with Crippen LogP contribution in [0.25, 0.3) is 0 Å². The number of amides is 4. The van der Waals surface area contributed by atoms with Crippen LogP contribution in [0.2, 0.25) is 0 Å². The van der Waals surface area contributed by atoms with Crippen LogP contribution in [0.3, 0.4) is 0 Å². The van der Waals surface area contributed by atoms with Crippen LogP contribution in [-0.2, 0) is 4.79 Å². The number of aryl methyl sites for hydroxylation is 2. The van der Waals surface area contributed by atoms with Crippen LogP contribution in [0.1, 0.15) is 52.7 Å². The molecule has 0 aromatic heterocycles. The molecule has 2 aliphatic heterocycles. The highest BCUT2D eigenvalue weighted by atomic mass is 16.2. The number of hydrogen-bond donors (Lipinski definition) is 3. The molecule has 4 amide bonds. The minimum Gasteiger partial charge on any atom is -0.342 e. The minimum absolute atomic E-state index is 0.129. The van der Waals surface area contributed by atoms with Gasteiger partial charge in [-0.25, -0.2) is 4.79 Å². The summed E-state index contributed by atoms with van der Waals surface area (Å²) in [5.41, 5.74) is 3.94. The maximum absolute atomic E-state index is 13.3. The predicted molar refractivity (Wildman–Crippen MR) is 128 cm³/mol. The van der Waals surface area contributed by atoms with Crippen molar-refractivity contribution >= 4 is 23.5 Å². The lowest BCUT2D eigenvalue weighted by atomic mass is 9.75. The van der Waals surface area contributed by atoms with Crippen molar-refractivity contribution in [2.75, 3.05) is 18.9 Å². The lowest BCUT2D eigenvalue weighted by Gasteiger charge is -2.47. The molecule has 33 heavy (non-hydrogen) atoms. The number of carbonyl (C=O) groups excluding carboxylic acids is 3. The Bertz CT molecular complexity index is 1070. The number of likely N-dealkylation sites (tertiary alicyclic amines) is 1. The van der Waals surface area contributed by atoms with E-state index in [2.05, 4.69) is 22.9 Å². The van der Waals surface area contributed by atoms with E-state index >= 15 is 0 Å². The van der Waals surface area contributed by atoms with Crippen LogP contribution < -0.4 is 16.0 Å². The average Bonchev–Trinajstić information content (AvgIpc) is 2.78. The largest absolute Gasteiger partial charge is 0.342 e. The molecule has 3 N–H and O–H groups in total. The van der Waals surface area contributed by atoms with E-state index in [1.807, 2.05) is 50.1 Å². The molecule has 4 rings (SSSR count). The monoisotopic (exact) mass is 448 g/mol. The molecule has 2 aromatic carbocycles. The van der Waals surface area contributed by atoms with Crippen molar-refractivity contribution in [2.45, 2.75) is 51.6 Å². The SMILES string of the molecule is Cc1ccc(C(=O)NC(=O)Nc2ccc(C)c(C3CC4CNC(C)CC4N(C)C3=O)c2)cc1. The molecule has 0 aliphatic carbocycles. The zero-order valence-corrected chi connectivity index (χ0v) is 19.6. The van der Waals surface area contributed by atoms with E-state index in [4.69, 9.17) is 0 Å². The molecule has 7 heteroatoms. The lowest BCUT2D eigenvalue weighted by Crippen LogP contribution is -2.57. The third-order valence-corrected chi connectivity index (χ3v) is 7.00. The van der Waals surface area contributed by atoms with Crippen LogP contribution in [-0.4, -0.2) is 48.4 Å². The summed E-state index contributed by atoms with van der Waals surface area (Å²) in [7, 11) is 1.91. The van der Waals surface area contributed by atoms with Gasteiger partial charge in [-0.1, -0.05) is 23.8 Å². The Balaban J connectivity index is 1.47. The zero-order valence-electron chi connectivity index (χ0n) is 19.6. The zero-order chi connectivity index (χ0) is 23.7. The highest BCUT2D eigenvalue weighted by Gasteiger charge is 2.43. The Labute approximate surface area is 194 Å². The lowest BCUT2D eigenvalue weighted by molar-refractivity contribution is -0.140. The van der Waals surface area contributed by atoms with E-state index in [0.29, 0.717) is 23.2 Å². The number of rotatable bonds is 3. The summed E-state index contributed by atoms with van der Waals surface area (Å²) in [5, 5.41) is 8.64. The number of urea groups is 1. The Kier molecular flexibility index (Phi) is 6.51. The van der Waals surface area contributed by atoms with E-state index < -0.39 is 11.9 Å². The van der Waals surface area contributed by atoms with Gasteiger partial charge in [-0.3, -0.25) is 14.9 Å². The fourth-order valence-corrected chi connectivity index (χ4v) is 5.05. The van der Waals surface area contributed by atoms with Gasteiger partial charge < -0.3 is 15.5 Å². The van der Waals surface area contributed by atoms with Crippen molar-refractivity contribution < 1.29 is 14.4 Å².